The zero-order valence-corrected chi connectivity index (χ0v) is 10.9. The van der Waals surface area contributed by atoms with Crippen molar-refractivity contribution in [2.24, 2.45) is 16.8 Å². The molecule has 0 aromatic heterocycles. The minimum atomic E-state index is -2.61. The van der Waals surface area contributed by atoms with Crippen LogP contribution in [0.25, 0.3) is 0 Å². The normalized spacial score (nSPS) is 26.0. The van der Waals surface area contributed by atoms with Gasteiger partial charge in [-0.1, -0.05) is 11.6 Å². The first kappa shape index (κ1) is 14.3. The van der Waals surface area contributed by atoms with Gasteiger partial charge < -0.3 is 0 Å². The van der Waals surface area contributed by atoms with Crippen LogP contribution < -0.4 is 0 Å². The Hall–Kier alpha value is -0.770. The lowest BCUT2D eigenvalue weighted by atomic mass is 10.2. The number of allylic oxidation sites excluding steroid dienone is 2. The summed E-state index contributed by atoms with van der Waals surface area (Å²) in [6.07, 6.45) is 2.50. The summed E-state index contributed by atoms with van der Waals surface area (Å²) in [5.74, 6) is -3.40. The summed E-state index contributed by atoms with van der Waals surface area (Å²) in [6, 6.07) is 0. The van der Waals surface area contributed by atoms with Crippen molar-refractivity contribution in [1.29, 1.82) is 0 Å². The fourth-order valence-corrected chi connectivity index (χ4v) is 2.01. The van der Waals surface area contributed by atoms with E-state index < -0.39 is 11.8 Å². The van der Waals surface area contributed by atoms with Crippen molar-refractivity contribution < 1.29 is 13.6 Å². The number of hydrogen-bond donors (Lipinski definition) is 0. The fraction of sp³-hybridized carbons (Fsp3) is 0.667. The highest BCUT2D eigenvalue weighted by molar-refractivity contribution is 6.31. The summed E-state index contributed by atoms with van der Waals surface area (Å²) in [6.45, 7) is 3.90. The number of aliphatic imine (C=N–C) groups is 1. The van der Waals surface area contributed by atoms with Crippen LogP contribution in [-0.2, 0) is 4.79 Å². The van der Waals surface area contributed by atoms with Crippen molar-refractivity contribution >= 4 is 23.6 Å². The van der Waals surface area contributed by atoms with E-state index in [1.54, 1.807) is 6.92 Å². The number of hydrogen-bond acceptors (Lipinski definition) is 2. The minimum absolute atomic E-state index is 0.0254. The van der Waals surface area contributed by atoms with E-state index in [9.17, 15) is 13.6 Å². The zero-order chi connectivity index (χ0) is 13.2. The van der Waals surface area contributed by atoms with Crippen LogP contribution >= 0.6 is 11.6 Å². The molecule has 17 heavy (non-hydrogen) atoms. The summed E-state index contributed by atoms with van der Waals surface area (Å²) in [5, 5.41) is 0.321. The van der Waals surface area contributed by atoms with Gasteiger partial charge in [0, 0.05) is 24.1 Å². The number of Topliss-reactive ketones (excluding diaryl/α,β-unsaturated/α-hetero) is 1. The van der Waals surface area contributed by atoms with Crippen molar-refractivity contribution in [3.63, 3.8) is 0 Å². The average Bonchev–Trinajstić information content (AvgIpc) is 2.89. The molecule has 0 bridgehead atoms. The van der Waals surface area contributed by atoms with Crippen molar-refractivity contribution in [2.75, 3.05) is 0 Å². The second kappa shape index (κ2) is 5.25. The number of ketones is 1. The van der Waals surface area contributed by atoms with Crippen LogP contribution in [0.4, 0.5) is 8.78 Å². The summed E-state index contributed by atoms with van der Waals surface area (Å²) >= 11 is 5.70. The summed E-state index contributed by atoms with van der Waals surface area (Å²) < 4.78 is 25.7. The third-order valence-electron chi connectivity index (χ3n) is 2.86. The summed E-state index contributed by atoms with van der Waals surface area (Å²) in [4.78, 5) is 15.1. The van der Waals surface area contributed by atoms with Crippen molar-refractivity contribution in [2.45, 2.75) is 39.5 Å². The lowest BCUT2D eigenvalue weighted by Crippen LogP contribution is -2.14. The van der Waals surface area contributed by atoms with Crippen molar-refractivity contribution in [3.05, 3.63) is 10.7 Å². The van der Waals surface area contributed by atoms with Gasteiger partial charge in [-0.25, -0.2) is 8.78 Å². The van der Waals surface area contributed by atoms with E-state index in [2.05, 4.69) is 4.99 Å². The van der Waals surface area contributed by atoms with Crippen LogP contribution in [-0.4, -0.2) is 17.9 Å². The molecule has 0 aliphatic heterocycles. The van der Waals surface area contributed by atoms with E-state index in [1.807, 2.05) is 0 Å². The van der Waals surface area contributed by atoms with Crippen molar-refractivity contribution in [3.8, 4) is 0 Å². The summed E-state index contributed by atoms with van der Waals surface area (Å²) in [7, 11) is 0. The van der Waals surface area contributed by atoms with Gasteiger partial charge >= 0.3 is 0 Å². The molecule has 5 heteroatoms. The van der Waals surface area contributed by atoms with Crippen LogP contribution in [0.5, 0.6) is 0 Å². The predicted octanol–water partition coefficient (Wildman–Crippen LogP) is 3.80. The maximum atomic E-state index is 12.9. The maximum absolute atomic E-state index is 12.9. The van der Waals surface area contributed by atoms with E-state index in [0.29, 0.717) is 17.9 Å². The molecule has 2 atom stereocenters. The Bertz CT molecular complexity index is 367. The van der Waals surface area contributed by atoms with Gasteiger partial charge in [0.15, 0.2) is 5.78 Å². The monoisotopic (exact) mass is 263 g/mol. The maximum Gasteiger partial charge on any atom is 0.248 e. The molecule has 1 fully saturated rings. The molecular formula is C12H16ClF2NO. The van der Waals surface area contributed by atoms with Gasteiger partial charge in [0.05, 0.1) is 0 Å². The van der Waals surface area contributed by atoms with Gasteiger partial charge in [0.25, 0.3) is 0 Å². The highest BCUT2D eigenvalue weighted by Crippen LogP contribution is 2.50. The number of alkyl halides is 2. The largest absolute Gasteiger partial charge is 0.293 e. The Balaban J connectivity index is 2.48. The molecule has 0 aromatic carbocycles. The van der Waals surface area contributed by atoms with Gasteiger partial charge in [0.2, 0.25) is 5.92 Å². The van der Waals surface area contributed by atoms with E-state index in [1.165, 1.54) is 13.1 Å². The molecule has 0 radical (unpaired) electrons. The van der Waals surface area contributed by atoms with Crippen LogP contribution in [0.3, 0.4) is 0 Å². The zero-order valence-electron chi connectivity index (χ0n) is 10.1. The second-order valence-corrected chi connectivity index (χ2v) is 5.11. The molecule has 1 saturated carbocycles. The third kappa shape index (κ3) is 4.19. The number of rotatable bonds is 5. The molecule has 1 aliphatic rings. The topological polar surface area (TPSA) is 29.4 Å². The molecule has 1 rings (SSSR count). The highest BCUT2D eigenvalue weighted by atomic mass is 35.5. The molecule has 0 saturated heterocycles. The summed E-state index contributed by atoms with van der Waals surface area (Å²) in [5.41, 5.74) is 0.201. The van der Waals surface area contributed by atoms with Crippen LogP contribution in [0.1, 0.15) is 33.6 Å². The Morgan fingerprint density at radius 3 is 2.47 bits per heavy atom. The van der Waals surface area contributed by atoms with Gasteiger partial charge in [-0.15, -0.1) is 0 Å². The first-order valence-corrected chi connectivity index (χ1v) is 5.89. The number of nitrogens with zero attached hydrogens (tertiary/aromatic N) is 1. The number of carbonyl (C=O) groups excluding carboxylic acids is 1. The molecule has 2 nitrogen and oxygen atoms in total. The molecule has 2 unspecified atom stereocenters. The van der Waals surface area contributed by atoms with Crippen molar-refractivity contribution in [1.82, 2.24) is 0 Å². The number of carbonyl (C=O) groups is 1. The second-order valence-electron chi connectivity index (χ2n) is 4.54. The Morgan fingerprint density at radius 1 is 1.53 bits per heavy atom. The first-order chi connectivity index (χ1) is 7.73. The number of halogens is 3. The molecule has 0 heterocycles. The molecule has 0 amide bonds. The lowest BCUT2D eigenvalue weighted by molar-refractivity contribution is -0.113. The fourth-order valence-electron chi connectivity index (χ4n) is 1.83. The molecule has 1 aliphatic carbocycles. The Morgan fingerprint density at radius 2 is 2.12 bits per heavy atom. The van der Waals surface area contributed by atoms with Gasteiger partial charge in [-0.05, 0) is 32.6 Å². The molecule has 96 valence electrons. The molecule has 0 aromatic rings. The quantitative estimate of drug-likeness (QED) is 0.548. The standard InChI is InChI=1S/C12H16ClF2NO/c1-7(13)11(8(2)17)16-5-4-9-6-10(9)12(3,14)15/h5,9-10H,4,6H2,1-3H3/b11-7+,16-5-. The lowest BCUT2D eigenvalue weighted by Gasteiger charge is -2.07. The molecule has 0 spiro atoms. The Kier molecular flexibility index (Phi) is 4.42. The van der Waals surface area contributed by atoms with E-state index in [-0.39, 0.29) is 17.4 Å². The Labute approximate surface area is 105 Å². The van der Waals surface area contributed by atoms with Crippen LogP contribution in [0.2, 0.25) is 0 Å². The van der Waals surface area contributed by atoms with E-state index in [4.69, 9.17) is 11.6 Å². The third-order valence-corrected chi connectivity index (χ3v) is 3.04. The van der Waals surface area contributed by atoms with E-state index in [0.717, 1.165) is 6.92 Å². The average molecular weight is 264 g/mol. The first-order valence-electron chi connectivity index (χ1n) is 5.51. The minimum Gasteiger partial charge on any atom is -0.293 e. The smallest absolute Gasteiger partial charge is 0.248 e. The predicted molar refractivity (Wildman–Crippen MR) is 64.6 cm³/mol. The SMILES string of the molecule is CC(=O)C(/N=C\CC1CC1C(C)(F)F)=C(/C)Cl. The van der Waals surface area contributed by atoms with Gasteiger partial charge in [-0.2, -0.15) is 0 Å². The van der Waals surface area contributed by atoms with E-state index >= 15 is 0 Å². The van der Waals surface area contributed by atoms with Gasteiger partial charge in [-0.3, -0.25) is 9.79 Å². The highest BCUT2D eigenvalue weighted by Gasteiger charge is 2.50. The van der Waals surface area contributed by atoms with Gasteiger partial charge in [0.1, 0.15) is 5.70 Å². The van der Waals surface area contributed by atoms with Crippen LogP contribution in [0.15, 0.2) is 15.7 Å². The molecular weight excluding hydrogens is 248 g/mol. The molecule has 0 N–H and O–H groups in total. The van der Waals surface area contributed by atoms with Crippen LogP contribution in [0, 0.1) is 11.8 Å².